The van der Waals surface area contributed by atoms with Crippen molar-refractivity contribution in [3.63, 3.8) is 0 Å². The van der Waals surface area contributed by atoms with Gasteiger partial charge in [-0.15, -0.1) is 0 Å². The lowest BCUT2D eigenvalue weighted by Crippen LogP contribution is -2.17. The summed E-state index contributed by atoms with van der Waals surface area (Å²) in [5.41, 5.74) is 22.4. The topological polar surface area (TPSA) is 39.4 Å². The zero-order valence-electron chi connectivity index (χ0n) is 35.4. The number of para-hydroxylation sites is 3. The van der Waals surface area contributed by atoms with E-state index in [0.717, 1.165) is 77.1 Å². The molecule has 3 aromatic heterocycles. The van der Waals surface area contributed by atoms with Gasteiger partial charge in [0.2, 0.25) is 0 Å². The van der Waals surface area contributed by atoms with E-state index in [1.54, 1.807) is 0 Å². The van der Waals surface area contributed by atoms with Crippen LogP contribution in [0.3, 0.4) is 0 Å². The van der Waals surface area contributed by atoms with E-state index in [-0.39, 0.29) is 10.8 Å². The maximum Gasteiger partial charge on any atom is 0.143 e. The van der Waals surface area contributed by atoms with Crippen LogP contribution in [0, 0.1) is 0 Å². The third-order valence-electron chi connectivity index (χ3n) is 14.7. The van der Waals surface area contributed by atoms with Gasteiger partial charge in [-0.1, -0.05) is 125 Å². The second-order valence-electron chi connectivity index (χ2n) is 18.8. The summed E-state index contributed by atoms with van der Waals surface area (Å²) in [6.07, 6.45) is 0. The van der Waals surface area contributed by atoms with Crippen LogP contribution < -0.4 is 0 Å². The molecule has 0 fully saturated rings. The molecular formula is C60H40O3. The van der Waals surface area contributed by atoms with Gasteiger partial charge in [0.25, 0.3) is 0 Å². The number of furan rings is 3. The summed E-state index contributed by atoms with van der Waals surface area (Å²) < 4.78 is 19.8. The lowest BCUT2D eigenvalue weighted by Gasteiger charge is -2.24. The van der Waals surface area contributed by atoms with Gasteiger partial charge in [-0.05, 0) is 145 Å². The number of hydrogen-bond donors (Lipinski definition) is 0. The zero-order valence-corrected chi connectivity index (χ0v) is 35.4. The smallest absolute Gasteiger partial charge is 0.143 e. The van der Waals surface area contributed by atoms with Crippen molar-refractivity contribution in [3.8, 4) is 55.6 Å². The summed E-state index contributed by atoms with van der Waals surface area (Å²) in [7, 11) is 0. The van der Waals surface area contributed by atoms with Crippen molar-refractivity contribution in [2.45, 2.75) is 38.5 Å². The molecule has 9 aromatic carbocycles. The molecule has 0 radical (unpaired) electrons. The van der Waals surface area contributed by atoms with Crippen LogP contribution in [0.1, 0.15) is 49.9 Å². The molecule has 14 rings (SSSR count). The first-order valence-electron chi connectivity index (χ1n) is 22.0. The molecule has 63 heavy (non-hydrogen) atoms. The first-order chi connectivity index (χ1) is 30.7. The Bertz CT molecular complexity index is 3960. The lowest BCUT2D eigenvalue weighted by atomic mass is 9.78. The average molecular weight is 809 g/mol. The van der Waals surface area contributed by atoms with Crippen molar-refractivity contribution in [2.75, 3.05) is 0 Å². The molecule has 2 aliphatic carbocycles. The predicted molar refractivity (Wildman–Crippen MR) is 260 cm³/mol. The minimum Gasteiger partial charge on any atom is -0.456 e. The highest BCUT2D eigenvalue weighted by Gasteiger charge is 2.44. The first-order valence-corrected chi connectivity index (χ1v) is 22.0. The van der Waals surface area contributed by atoms with Gasteiger partial charge < -0.3 is 13.3 Å². The number of benzene rings is 9. The van der Waals surface area contributed by atoms with Crippen LogP contribution in [0.5, 0.6) is 0 Å². The fraction of sp³-hybridized carbons (Fsp3) is 0.100. The second kappa shape index (κ2) is 12.1. The fourth-order valence-corrected chi connectivity index (χ4v) is 11.5. The van der Waals surface area contributed by atoms with E-state index in [0.29, 0.717) is 0 Å². The van der Waals surface area contributed by atoms with Gasteiger partial charge in [-0.25, -0.2) is 0 Å². The molecule has 0 bridgehead atoms. The Morgan fingerprint density at radius 2 is 0.794 bits per heavy atom. The van der Waals surface area contributed by atoms with Gasteiger partial charge in [0.05, 0.1) is 0 Å². The summed E-state index contributed by atoms with van der Waals surface area (Å²) in [4.78, 5) is 0. The zero-order chi connectivity index (χ0) is 41.9. The molecule has 3 heteroatoms. The molecule has 298 valence electrons. The van der Waals surface area contributed by atoms with Crippen molar-refractivity contribution >= 4 is 65.8 Å². The van der Waals surface area contributed by atoms with Crippen LogP contribution >= 0.6 is 0 Å². The van der Waals surface area contributed by atoms with E-state index in [9.17, 15) is 0 Å². The molecule has 0 N–H and O–H groups in total. The van der Waals surface area contributed by atoms with Crippen LogP contribution in [0.2, 0.25) is 0 Å². The Labute approximate surface area is 363 Å². The molecule has 2 aliphatic rings. The van der Waals surface area contributed by atoms with Crippen LogP contribution in [0.4, 0.5) is 0 Å². The Hall–Kier alpha value is -7.62. The Morgan fingerprint density at radius 1 is 0.302 bits per heavy atom. The molecule has 0 spiro atoms. The number of rotatable bonds is 3. The molecule has 0 saturated carbocycles. The standard InChI is InChI=1S/C60H40O3/c1-59(2)46-32-45-47(31-44(46)55-42(33-14-6-5-7-15-33)26-36(27-48(55)59)34-22-24-39-37-16-8-11-19-50(37)61-53(39)28-34)60(3,4)49-30-43(58-57(56(45)49)41-18-10-13-21-52(41)63-58)35-23-25-40-38-17-9-12-20-51(38)62-54(40)29-35/h5-32H,1-4H3. The van der Waals surface area contributed by atoms with Crippen LogP contribution in [-0.2, 0) is 10.8 Å². The molecule has 3 nitrogen and oxygen atoms in total. The van der Waals surface area contributed by atoms with E-state index in [4.69, 9.17) is 13.3 Å². The second-order valence-corrected chi connectivity index (χ2v) is 18.8. The van der Waals surface area contributed by atoms with Crippen molar-refractivity contribution in [2.24, 2.45) is 0 Å². The maximum absolute atomic E-state index is 6.93. The van der Waals surface area contributed by atoms with Crippen LogP contribution in [0.25, 0.3) is 121 Å². The predicted octanol–water partition coefficient (Wildman–Crippen LogP) is 17.0. The summed E-state index contributed by atoms with van der Waals surface area (Å²) in [6, 6.07) is 61.7. The van der Waals surface area contributed by atoms with Crippen molar-refractivity contribution < 1.29 is 13.3 Å². The lowest BCUT2D eigenvalue weighted by molar-refractivity contribution is 0.651. The highest BCUT2D eigenvalue weighted by Crippen LogP contribution is 2.61. The molecule has 0 aliphatic heterocycles. The summed E-state index contributed by atoms with van der Waals surface area (Å²) in [5.74, 6) is 0. The number of fused-ring (bicyclic) bond motifs is 16. The van der Waals surface area contributed by atoms with E-state index in [1.807, 2.05) is 18.2 Å². The van der Waals surface area contributed by atoms with Gasteiger partial charge in [-0.3, -0.25) is 0 Å². The highest BCUT2D eigenvalue weighted by molar-refractivity contribution is 6.19. The van der Waals surface area contributed by atoms with Crippen molar-refractivity contribution in [1.82, 2.24) is 0 Å². The van der Waals surface area contributed by atoms with Crippen LogP contribution in [0.15, 0.2) is 183 Å². The fourth-order valence-electron chi connectivity index (χ4n) is 11.5. The van der Waals surface area contributed by atoms with Gasteiger partial charge in [0.1, 0.15) is 33.5 Å². The van der Waals surface area contributed by atoms with E-state index in [1.165, 1.54) is 66.6 Å². The monoisotopic (exact) mass is 808 g/mol. The maximum atomic E-state index is 6.93. The van der Waals surface area contributed by atoms with Gasteiger partial charge >= 0.3 is 0 Å². The SMILES string of the molecule is CC1(C)c2cc3c(cc2-c2c(-c4ccccc4)cc(-c4ccc5c(c4)oc4ccccc45)cc21)C(C)(C)c1cc(-c2ccc4c(c2)oc2ccccc24)c2oc4ccccc4c2c1-3. The molecule has 3 heterocycles. The third-order valence-corrected chi connectivity index (χ3v) is 14.7. The van der Waals surface area contributed by atoms with Crippen LogP contribution in [-0.4, -0.2) is 0 Å². The Kier molecular flexibility index (Phi) is 6.70. The highest BCUT2D eigenvalue weighted by atomic mass is 16.3. The minimum atomic E-state index is -0.299. The van der Waals surface area contributed by atoms with Gasteiger partial charge in [0.15, 0.2) is 0 Å². The van der Waals surface area contributed by atoms with Gasteiger partial charge in [-0.2, -0.15) is 0 Å². The summed E-state index contributed by atoms with van der Waals surface area (Å²) >= 11 is 0. The molecule has 0 saturated heterocycles. The first kappa shape index (κ1) is 35.0. The summed E-state index contributed by atoms with van der Waals surface area (Å²) in [5, 5.41) is 6.86. The molecule has 12 aromatic rings. The summed E-state index contributed by atoms with van der Waals surface area (Å²) in [6.45, 7) is 9.63. The molecular weight excluding hydrogens is 769 g/mol. The van der Waals surface area contributed by atoms with Crippen molar-refractivity contribution in [1.29, 1.82) is 0 Å². The normalized spacial score (nSPS) is 14.6. The number of hydrogen-bond acceptors (Lipinski definition) is 3. The van der Waals surface area contributed by atoms with E-state index >= 15 is 0 Å². The Morgan fingerprint density at radius 3 is 1.44 bits per heavy atom. The van der Waals surface area contributed by atoms with Crippen molar-refractivity contribution in [3.05, 3.63) is 192 Å². The quantitative estimate of drug-likeness (QED) is 0.178. The Balaban J connectivity index is 0.997. The average Bonchev–Trinajstić information content (AvgIpc) is 4.09. The largest absolute Gasteiger partial charge is 0.456 e. The molecule has 0 amide bonds. The minimum absolute atomic E-state index is 0.283. The van der Waals surface area contributed by atoms with Gasteiger partial charge in [0, 0.05) is 48.7 Å². The third kappa shape index (κ3) is 4.64. The van der Waals surface area contributed by atoms with E-state index < -0.39 is 0 Å². The molecule has 0 atom stereocenters. The van der Waals surface area contributed by atoms with E-state index in [2.05, 4.69) is 179 Å². The molecule has 0 unspecified atom stereocenters.